The third-order valence-corrected chi connectivity index (χ3v) is 2.34. The van der Waals surface area contributed by atoms with Crippen molar-refractivity contribution < 1.29 is 9.53 Å². The predicted molar refractivity (Wildman–Crippen MR) is 51.8 cm³/mol. The molecule has 0 aliphatic carbocycles. The van der Waals surface area contributed by atoms with Crippen LogP contribution in [0, 0.1) is 0 Å². The number of Topliss-reactive ketones (excluding diaryl/α,β-unsaturated/α-hetero) is 1. The first kappa shape index (κ1) is 10.7. The Balaban J connectivity index is 2.13. The summed E-state index contributed by atoms with van der Waals surface area (Å²) in [5, 5.41) is 3.17. The van der Waals surface area contributed by atoms with Gasteiger partial charge in [0.1, 0.15) is 0 Å². The summed E-state index contributed by atoms with van der Waals surface area (Å²) in [7, 11) is 0. The quantitative estimate of drug-likeness (QED) is 0.652. The average Bonchev–Trinajstić information content (AvgIpc) is 2.19. The average molecular weight is 185 g/mol. The summed E-state index contributed by atoms with van der Waals surface area (Å²) in [6.07, 6.45) is 4.05. The van der Waals surface area contributed by atoms with Crippen LogP contribution in [0.5, 0.6) is 0 Å². The third-order valence-electron chi connectivity index (χ3n) is 2.34. The molecule has 1 atom stereocenters. The van der Waals surface area contributed by atoms with Gasteiger partial charge < -0.3 is 10.1 Å². The topological polar surface area (TPSA) is 38.3 Å². The number of nitrogens with one attached hydrogen (secondary N) is 1. The highest BCUT2D eigenvalue weighted by Gasteiger charge is 2.19. The molecular formula is C10H19NO2. The first-order valence-corrected chi connectivity index (χ1v) is 5.18. The predicted octanol–water partition coefficient (Wildman–Crippen LogP) is 1.12. The lowest BCUT2D eigenvalue weighted by atomic mass is 10.1. The molecule has 0 aromatic heterocycles. The lowest BCUT2D eigenvalue weighted by Crippen LogP contribution is -2.46. The van der Waals surface area contributed by atoms with Crippen molar-refractivity contribution in [2.45, 2.75) is 38.6 Å². The zero-order valence-corrected chi connectivity index (χ0v) is 8.34. The molecule has 13 heavy (non-hydrogen) atoms. The maximum atomic E-state index is 11.5. The van der Waals surface area contributed by atoms with Gasteiger partial charge in [0.05, 0.1) is 19.3 Å². The third kappa shape index (κ3) is 3.87. The van der Waals surface area contributed by atoms with E-state index in [1.54, 1.807) is 0 Å². The summed E-state index contributed by atoms with van der Waals surface area (Å²) in [4.78, 5) is 11.5. The Morgan fingerprint density at radius 2 is 2.38 bits per heavy atom. The number of morpholine rings is 1. The largest absolute Gasteiger partial charge is 0.378 e. The van der Waals surface area contributed by atoms with Gasteiger partial charge in [-0.15, -0.1) is 0 Å². The van der Waals surface area contributed by atoms with Crippen LogP contribution in [-0.2, 0) is 9.53 Å². The molecule has 0 saturated carbocycles. The second-order valence-electron chi connectivity index (χ2n) is 3.51. The number of hydrogen-bond acceptors (Lipinski definition) is 3. The van der Waals surface area contributed by atoms with Gasteiger partial charge in [-0.3, -0.25) is 4.79 Å². The van der Waals surface area contributed by atoms with Crippen LogP contribution in [0.4, 0.5) is 0 Å². The molecule has 1 heterocycles. The molecule has 0 aromatic rings. The van der Waals surface area contributed by atoms with Gasteiger partial charge in [-0.05, 0) is 6.42 Å². The van der Waals surface area contributed by atoms with Crippen molar-refractivity contribution in [2.75, 3.05) is 19.8 Å². The Bertz CT molecular complexity index is 153. The van der Waals surface area contributed by atoms with Gasteiger partial charge in [0, 0.05) is 13.0 Å². The van der Waals surface area contributed by atoms with E-state index >= 15 is 0 Å². The number of ketones is 1. The molecule has 3 nitrogen and oxygen atoms in total. The summed E-state index contributed by atoms with van der Waals surface area (Å²) in [6.45, 7) is 4.25. The number of hydrogen-bond donors (Lipinski definition) is 1. The molecule has 0 aromatic carbocycles. The molecule has 1 rings (SSSR count). The van der Waals surface area contributed by atoms with Crippen LogP contribution in [0.3, 0.4) is 0 Å². The van der Waals surface area contributed by atoms with Gasteiger partial charge >= 0.3 is 0 Å². The molecule has 3 heteroatoms. The molecule has 1 saturated heterocycles. The molecule has 1 fully saturated rings. The molecule has 0 amide bonds. The standard InChI is InChI=1S/C10H19NO2/c1-2-3-4-5-10(12)9-8-13-7-6-11-9/h9,11H,2-8H2,1H3. The molecule has 0 spiro atoms. The van der Waals surface area contributed by atoms with E-state index in [-0.39, 0.29) is 6.04 Å². The van der Waals surface area contributed by atoms with Crippen LogP contribution in [0.25, 0.3) is 0 Å². The summed E-state index contributed by atoms with van der Waals surface area (Å²) in [6, 6.07) is -0.0365. The van der Waals surface area contributed by atoms with E-state index < -0.39 is 0 Å². The Labute approximate surface area is 79.8 Å². The van der Waals surface area contributed by atoms with E-state index in [2.05, 4.69) is 12.2 Å². The number of carbonyl (C=O) groups excluding carboxylic acids is 1. The van der Waals surface area contributed by atoms with Gasteiger partial charge in [-0.2, -0.15) is 0 Å². The Hall–Kier alpha value is -0.410. The minimum atomic E-state index is -0.0365. The Morgan fingerprint density at radius 1 is 1.54 bits per heavy atom. The summed E-state index contributed by atoms with van der Waals surface area (Å²) in [5.41, 5.74) is 0. The Morgan fingerprint density at radius 3 is 3.00 bits per heavy atom. The van der Waals surface area contributed by atoms with Crippen molar-refractivity contribution in [3.8, 4) is 0 Å². The van der Waals surface area contributed by atoms with Crippen LogP contribution < -0.4 is 5.32 Å². The number of ether oxygens (including phenoxy) is 1. The molecular weight excluding hydrogens is 166 g/mol. The SMILES string of the molecule is CCCCCC(=O)C1COCCN1. The molecule has 1 aliphatic rings. The van der Waals surface area contributed by atoms with Crippen molar-refractivity contribution in [1.82, 2.24) is 5.32 Å². The van der Waals surface area contributed by atoms with E-state index in [1.165, 1.54) is 6.42 Å². The van der Waals surface area contributed by atoms with Gasteiger partial charge in [0.25, 0.3) is 0 Å². The molecule has 0 radical (unpaired) electrons. The van der Waals surface area contributed by atoms with Crippen LogP contribution in [-0.4, -0.2) is 31.6 Å². The van der Waals surface area contributed by atoms with E-state index in [9.17, 15) is 4.79 Å². The van der Waals surface area contributed by atoms with Crippen LogP contribution in [0.1, 0.15) is 32.6 Å². The van der Waals surface area contributed by atoms with Crippen molar-refractivity contribution in [3.63, 3.8) is 0 Å². The number of rotatable bonds is 5. The fourth-order valence-electron chi connectivity index (χ4n) is 1.50. The lowest BCUT2D eigenvalue weighted by molar-refractivity contribution is -0.123. The minimum absolute atomic E-state index is 0.0365. The van der Waals surface area contributed by atoms with E-state index in [1.807, 2.05) is 0 Å². The van der Waals surface area contributed by atoms with Crippen LogP contribution in [0.15, 0.2) is 0 Å². The number of unbranched alkanes of at least 4 members (excludes halogenated alkanes) is 2. The van der Waals surface area contributed by atoms with Gasteiger partial charge in [0.15, 0.2) is 5.78 Å². The summed E-state index contributed by atoms with van der Waals surface area (Å²) < 4.78 is 5.23. The fourth-order valence-corrected chi connectivity index (χ4v) is 1.50. The van der Waals surface area contributed by atoms with Crippen molar-refractivity contribution in [3.05, 3.63) is 0 Å². The van der Waals surface area contributed by atoms with Crippen molar-refractivity contribution in [1.29, 1.82) is 0 Å². The van der Waals surface area contributed by atoms with Crippen LogP contribution >= 0.6 is 0 Å². The van der Waals surface area contributed by atoms with E-state index in [4.69, 9.17) is 4.74 Å². The van der Waals surface area contributed by atoms with Gasteiger partial charge in [-0.1, -0.05) is 19.8 Å². The molecule has 1 unspecified atom stereocenters. The van der Waals surface area contributed by atoms with E-state index in [0.29, 0.717) is 18.8 Å². The highest BCUT2D eigenvalue weighted by Crippen LogP contribution is 2.04. The minimum Gasteiger partial charge on any atom is -0.378 e. The highest BCUT2D eigenvalue weighted by molar-refractivity contribution is 5.84. The monoisotopic (exact) mass is 185 g/mol. The maximum absolute atomic E-state index is 11.5. The lowest BCUT2D eigenvalue weighted by Gasteiger charge is -2.22. The second kappa shape index (κ2) is 6.11. The van der Waals surface area contributed by atoms with Crippen LogP contribution in [0.2, 0.25) is 0 Å². The maximum Gasteiger partial charge on any atom is 0.152 e. The first-order valence-electron chi connectivity index (χ1n) is 5.18. The normalized spacial score (nSPS) is 23.0. The summed E-state index contributed by atoms with van der Waals surface area (Å²) >= 11 is 0. The first-order chi connectivity index (χ1) is 6.34. The fraction of sp³-hybridized carbons (Fsp3) is 0.900. The smallest absolute Gasteiger partial charge is 0.152 e. The number of carbonyl (C=O) groups is 1. The second-order valence-corrected chi connectivity index (χ2v) is 3.51. The molecule has 0 bridgehead atoms. The zero-order valence-electron chi connectivity index (χ0n) is 8.34. The zero-order chi connectivity index (χ0) is 9.52. The summed E-state index contributed by atoms with van der Waals surface area (Å²) in [5.74, 6) is 0.313. The molecule has 76 valence electrons. The highest BCUT2D eigenvalue weighted by atomic mass is 16.5. The Kier molecular flexibility index (Phi) is 5.01. The van der Waals surface area contributed by atoms with Gasteiger partial charge in [0.2, 0.25) is 0 Å². The molecule has 1 aliphatic heterocycles. The van der Waals surface area contributed by atoms with Crippen molar-refractivity contribution in [2.24, 2.45) is 0 Å². The van der Waals surface area contributed by atoms with Crippen molar-refractivity contribution >= 4 is 5.78 Å². The van der Waals surface area contributed by atoms with E-state index in [0.717, 1.165) is 26.0 Å². The van der Waals surface area contributed by atoms with Gasteiger partial charge in [-0.25, -0.2) is 0 Å². The molecule has 1 N–H and O–H groups in total.